The van der Waals surface area contributed by atoms with E-state index in [0.717, 1.165) is 6.66 Å². The van der Waals surface area contributed by atoms with Crippen molar-refractivity contribution in [2.24, 2.45) is 0 Å². The quantitative estimate of drug-likeness (QED) is 0.597. The molecule has 1 N–H and O–H groups in total. The summed E-state index contributed by atoms with van der Waals surface area (Å²) in [5.74, 6) is 0. The third-order valence-corrected chi connectivity index (χ3v) is 6.08. The molecule has 5 nitrogen and oxygen atoms in total. The number of rotatable bonds is 1. The van der Waals surface area contributed by atoms with Crippen LogP contribution in [0.5, 0.6) is 0 Å². The van der Waals surface area contributed by atoms with Gasteiger partial charge < -0.3 is 4.89 Å². The molecule has 7 heteroatoms. The summed E-state index contributed by atoms with van der Waals surface area (Å²) < 4.78 is 29.9. The van der Waals surface area contributed by atoms with Crippen molar-refractivity contribution in [3.63, 3.8) is 0 Å². The summed E-state index contributed by atoms with van der Waals surface area (Å²) in [6.07, 6.45) is 0. The molecule has 0 aromatic rings. The molecule has 1 rings (SSSR count). The topological polar surface area (TPSA) is 72.8 Å². The maximum atomic E-state index is 10.7. The van der Waals surface area contributed by atoms with E-state index < -0.39 is 14.3 Å². The SMILES string of the molecule is CP(=O)(O)P1(=O)OCO1. The van der Waals surface area contributed by atoms with Crippen LogP contribution in [0.1, 0.15) is 0 Å². The summed E-state index contributed by atoms with van der Waals surface area (Å²) in [4.78, 5) is 8.64. The van der Waals surface area contributed by atoms with Crippen molar-refractivity contribution in [2.75, 3.05) is 13.5 Å². The van der Waals surface area contributed by atoms with Crippen molar-refractivity contribution >= 4 is 14.3 Å². The van der Waals surface area contributed by atoms with E-state index >= 15 is 0 Å². The Morgan fingerprint density at radius 3 is 2.11 bits per heavy atom. The molecule has 1 aliphatic rings. The molecule has 1 saturated heterocycles. The molecule has 0 amide bonds. The Hall–Kier alpha value is 0.340. The molecule has 0 aromatic carbocycles. The van der Waals surface area contributed by atoms with Gasteiger partial charge in [0.2, 0.25) is 0 Å². The van der Waals surface area contributed by atoms with Crippen LogP contribution in [-0.2, 0) is 18.2 Å². The summed E-state index contributed by atoms with van der Waals surface area (Å²) in [6.45, 7) is 0.808. The van der Waals surface area contributed by atoms with Gasteiger partial charge in [0, 0.05) is 6.66 Å². The highest BCUT2D eigenvalue weighted by Crippen LogP contribution is 2.82. The summed E-state index contributed by atoms with van der Waals surface area (Å²) in [5.41, 5.74) is 0. The van der Waals surface area contributed by atoms with Crippen LogP contribution in [0.25, 0.3) is 0 Å². The first-order valence-corrected chi connectivity index (χ1v) is 6.51. The van der Waals surface area contributed by atoms with Gasteiger partial charge in [-0.25, -0.2) is 4.57 Å². The van der Waals surface area contributed by atoms with E-state index in [2.05, 4.69) is 9.05 Å². The molecule has 0 saturated carbocycles. The fourth-order valence-corrected chi connectivity index (χ4v) is 2.64. The van der Waals surface area contributed by atoms with Crippen LogP contribution in [0.4, 0.5) is 0 Å². The van der Waals surface area contributed by atoms with Crippen LogP contribution in [0, 0.1) is 0 Å². The minimum absolute atomic E-state index is 0.143. The van der Waals surface area contributed by atoms with Gasteiger partial charge in [-0.2, -0.15) is 0 Å². The van der Waals surface area contributed by atoms with E-state index in [0.29, 0.717) is 0 Å². The van der Waals surface area contributed by atoms with Gasteiger partial charge in [-0.15, -0.1) is 0 Å². The minimum Gasteiger partial charge on any atom is -0.336 e. The molecule has 1 atom stereocenters. The molecule has 9 heavy (non-hydrogen) atoms. The molecule has 54 valence electrons. The zero-order chi connectivity index (χ0) is 7.12. The van der Waals surface area contributed by atoms with Crippen molar-refractivity contribution in [1.29, 1.82) is 0 Å². The summed E-state index contributed by atoms with van der Waals surface area (Å²) in [7, 11) is -7.24. The summed E-state index contributed by atoms with van der Waals surface area (Å²) in [5, 5.41) is 0. The van der Waals surface area contributed by atoms with Gasteiger partial charge >= 0.3 is 14.3 Å². The van der Waals surface area contributed by atoms with Crippen molar-refractivity contribution in [2.45, 2.75) is 0 Å². The van der Waals surface area contributed by atoms with E-state index in [1.807, 2.05) is 0 Å². The number of hydrogen-bond donors (Lipinski definition) is 1. The van der Waals surface area contributed by atoms with E-state index in [4.69, 9.17) is 4.89 Å². The van der Waals surface area contributed by atoms with Gasteiger partial charge in [0.15, 0.2) is 6.79 Å². The van der Waals surface area contributed by atoms with E-state index in [1.54, 1.807) is 0 Å². The first-order chi connectivity index (χ1) is 3.96. The second-order valence-electron chi connectivity index (χ2n) is 1.68. The van der Waals surface area contributed by atoms with Crippen molar-refractivity contribution in [1.82, 2.24) is 0 Å². The smallest absolute Gasteiger partial charge is 0.336 e. The molecule has 1 heterocycles. The van der Waals surface area contributed by atoms with Crippen molar-refractivity contribution < 1.29 is 23.1 Å². The fourth-order valence-electron chi connectivity index (χ4n) is 0.357. The van der Waals surface area contributed by atoms with E-state index in [-0.39, 0.29) is 6.79 Å². The molecular weight excluding hydrogens is 166 g/mol. The molecule has 0 aliphatic carbocycles. The second kappa shape index (κ2) is 1.91. The van der Waals surface area contributed by atoms with Crippen molar-refractivity contribution in [3.8, 4) is 0 Å². The zero-order valence-electron chi connectivity index (χ0n) is 4.68. The maximum absolute atomic E-state index is 10.7. The van der Waals surface area contributed by atoms with Crippen molar-refractivity contribution in [3.05, 3.63) is 0 Å². The van der Waals surface area contributed by atoms with Crippen LogP contribution in [0.2, 0.25) is 0 Å². The molecule has 0 spiro atoms. The van der Waals surface area contributed by atoms with E-state index in [1.165, 1.54) is 0 Å². The van der Waals surface area contributed by atoms with Crippen LogP contribution in [-0.4, -0.2) is 18.4 Å². The highest BCUT2D eigenvalue weighted by molar-refractivity contribution is 8.29. The third-order valence-electron chi connectivity index (χ3n) is 0.886. The predicted molar refractivity (Wildman–Crippen MR) is 30.4 cm³/mol. The van der Waals surface area contributed by atoms with Crippen LogP contribution >= 0.6 is 14.3 Å². The molecule has 1 aliphatic heterocycles. The van der Waals surface area contributed by atoms with Gasteiger partial charge in [0.25, 0.3) is 0 Å². The summed E-state index contributed by atoms with van der Waals surface area (Å²) in [6, 6.07) is 0. The maximum Gasteiger partial charge on any atom is 0.416 e. The van der Waals surface area contributed by atoms with Gasteiger partial charge in [0.05, 0.1) is 0 Å². The minimum atomic E-state index is -3.67. The monoisotopic (exact) mass is 172 g/mol. The first-order valence-electron chi connectivity index (χ1n) is 2.15. The third kappa shape index (κ3) is 1.11. The molecule has 0 bridgehead atoms. The van der Waals surface area contributed by atoms with Crippen LogP contribution in [0.3, 0.4) is 0 Å². The van der Waals surface area contributed by atoms with E-state index in [9.17, 15) is 9.13 Å². The standard InChI is InChI=1S/C2H6O5P2/c1-8(3,4)9(5)6-2-7-9/h2H2,1H3,(H,3,4). The average Bonchev–Trinajstić information content (AvgIpc) is 1.57. The van der Waals surface area contributed by atoms with Gasteiger partial charge in [-0.3, -0.25) is 13.6 Å². The molecular formula is C2H6O5P2. The van der Waals surface area contributed by atoms with Gasteiger partial charge in [-0.05, 0) is 0 Å². The Morgan fingerprint density at radius 2 is 2.11 bits per heavy atom. The number of hydrogen-bond acceptors (Lipinski definition) is 4. The van der Waals surface area contributed by atoms with Gasteiger partial charge in [0.1, 0.15) is 0 Å². The molecule has 1 unspecified atom stereocenters. The lowest BCUT2D eigenvalue weighted by molar-refractivity contribution is 0.0182. The Balaban J connectivity index is 2.84. The second-order valence-corrected chi connectivity index (χ2v) is 8.50. The molecule has 1 fully saturated rings. The highest BCUT2D eigenvalue weighted by Gasteiger charge is 2.48. The molecule has 0 radical (unpaired) electrons. The molecule has 0 aromatic heterocycles. The Kier molecular flexibility index (Phi) is 1.58. The van der Waals surface area contributed by atoms with Crippen LogP contribution < -0.4 is 0 Å². The largest absolute Gasteiger partial charge is 0.416 e. The first kappa shape index (κ1) is 7.45. The predicted octanol–water partition coefficient (Wildman–Crippen LogP) is 0.999. The lowest BCUT2D eigenvalue weighted by atomic mass is 11.6. The van der Waals surface area contributed by atoms with Crippen LogP contribution in [0.15, 0.2) is 0 Å². The lowest BCUT2D eigenvalue weighted by Crippen LogP contribution is -2.09. The zero-order valence-corrected chi connectivity index (χ0v) is 6.47. The summed E-state index contributed by atoms with van der Waals surface area (Å²) >= 11 is 0. The average molecular weight is 172 g/mol. The Morgan fingerprint density at radius 1 is 1.67 bits per heavy atom. The van der Waals surface area contributed by atoms with Gasteiger partial charge in [-0.1, -0.05) is 0 Å². The highest BCUT2D eigenvalue weighted by atomic mass is 32.1. The Labute approximate surface area is 51.9 Å². The fraction of sp³-hybridized carbons (Fsp3) is 1.00. The lowest BCUT2D eigenvalue weighted by Gasteiger charge is -2.27. The normalized spacial score (nSPS) is 30.4. The Bertz CT molecular complexity index is 195.